The average Bonchev–Trinajstić information content (AvgIpc) is 2.63. The monoisotopic (exact) mass is 402 g/mol. The Kier molecular flexibility index (Phi) is 4.91. The molecule has 0 saturated carbocycles. The number of aliphatic hydroxyl groups excluding tert-OH is 1. The first-order chi connectivity index (χ1) is 12.6. The zero-order valence-electron chi connectivity index (χ0n) is 13.5. The summed E-state index contributed by atoms with van der Waals surface area (Å²) in [7, 11) is 0. The van der Waals surface area contributed by atoms with E-state index < -0.39 is 47.5 Å². The normalized spacial score (nSPS) is 22.2. The van der Waals surface area contributed by atoms with Gasteiger partial charge in [-0.05, 0) is 23.8 Å². The molecule has 1 aromatic carbocycles. The number of benzene rings is 1. The highest BCUT2D eigenvalue weighted by molar-refractivity contribution is 8.00. The van der Waals surface area contributed by atoms with Crippen molar-refractivity contribution < 1.29 is 37.8 Å². The minimum atomic E-state index is -4.61. The fourth-order valence-corrected chi connectivity index (χ4v) is 4.20. The number of alkyl halides is 3. The van der Waals surface area contributed by atoms with E-state index in [1.54, 1.807) is 0 Å². The number of hydrogen-bond donors (Lipinski definition) is 3. The zero-order valence-corrected chi connectivity index (χ0v) is 14.3. The number of carbonyl (C=O) groups excluding carboxylic acids is 2. The van der Waals surface area contributed by atoms with Gasteiger partial charge in [0.1, 0.15) is 17.1 Å². The van der Waals surface area contributed by atoms with Gasteiger partial charge < -0.3 is 15.5 Å². The number of β-lactam (4-membered cyclic amide) rings is 1. The van der Waals surface area contributed by atoms with Crippen molar-refractivity contribution in [2.45, 2.75) is 17.6 Å². The highest BCUT2D eigenvalue weighted by atomic mass is 32.2. The summed E-state index contributed by atoms with van der Waals surface area (Å²) < 4.78 is 38.3. The van der Waals surface area contributed by atoms with Gasteiger partial charge in [0, 0.05) is 11.3 Å². The molecular formula is C16H13F3N2O5S. The lowest BCUT2D eigenvalue weighted by Gasteiger charge is -2.49. The third-order valence-electron chi connectivity index (χ3n) is 4.18. The molecule has 1 unspecified atom stereocenters. The molecular weight excluding hydrogens is 389 g/mol. The average molecular weight is 402 g/mol. The Morgan fingerprint density at radius 1 is 1.33 bits per heavy atom. The molecule has 0 spiro atoms. The van der Waals surface area contributed by atoms with Crippen molar-refractivity contribution in [3.63, 3.8) is 0 Å². The molecule has 1 fully saturated rings. The van der Waals surface area contributed by atoms with Crippen LogP contribution < -0.4 is 5.32 Å². The van der Waals surface area contributed by atoms with Gasteiger partial charge in [0.05, 0.1) is 12.2 Å². The third-order valence-corrected chi connectivity index (χ3v) is 5.52. The number of hydrogen-bond acceptors (Lipinski definition) is 5. The van der Waals surface area contributed by atoms with Gasteiger partial charge in [0.15, 0.2) is 0 Å². The fraction of sp³-hybridized carbons (Fsp3) is 0.312. The quantitative estimate of drug-likeness (QED) is 0.650. The molecule has 0 aliphatic carbocycles. The smallest absolute Gasteiger partial charge is 0.416 e. The van der Waals surface area contributed by atoms with E-state index in [9.17, 15) is 37.8 Å². The summed E-state index contributed by atoms with van der Waals surface area (Å²) in [5.74, 6) is -2.78. The molecule has 3 rings (SSSR count). The van der Waals surface area contributed by atoms with Crippen LogP contribution in [-0.2, 0) is 15.8 Å². The van der Waals surface area contributed by atoms with Crippen molar-refractivity contribution in [3.05, 3.63) is 46.7 Å². The molecule has 27 heavy (non-hydrogen) atoms. The Labute approximate surface area is 154 Å². The van der Waals surface area contributed by atoms with Crippen LogP contribution in [0.1, 0.15) is 15.9 Å². The van der Waals surface area contributed by atoms with E-state index in [1.807, 2.05) is 0 Å². The van der Waals surface area contributed by atoms with Crippen molar-refractivity contribution >= 4 is 29.5 Å². The Morgan fingerprint density at radius 3 is 2.63 bits per heavy atom. The van der Waals surface area contributed by atoms with Gasteiger partial charge >= 0.3 is 12.1 Å². The topological polar surface area (TPSA) is 107 Å². The predicted molar refractivity (Wildman–Crippen MR) is 87.5 cm³/mol. The SMILES string of the molecule is O=C(O)C1=C(CO)CS[C@@H]2C(NC(=O)c3cccc(C(F)(F)F)c3)C(=O)N12. The lowest BCUT2D eigenvalue weighted by Crippen LogP contribution is -2.70. The van der Waals surface area contributed by atoms with Gasteiger partial charge in [-0.2, -0.15) is 13.2 Å². The first-order valence-electron chi connectivity index (χ1n) is 7.64. The van der Waals surface area contributed by atoms with Crippen LogP contribution in [0.4, 0.5) is 13.2 Å². The largest absolute Gasteiger partial charge is 0.477 e. The zero-order chi connectivity index (χ0) is 19.9. The minimum absolute atomic E-state index is 0.155. The molecule has 1 aromatic rings. The predicted octanol–water partition coefficient (Wildman–Crippen LogP) is 1.05. The van der Waals surface area contributed by atoms with Crippen LogP contribution in [0.5, 0.6) is 0 Å². The summed E-state index contributed by atoms with van der Waals surface area (Å²) in [6.45, 7) is -0.521. The number of carboxylic acids is 1. The van der Waals surface area contributed by atoms with Crippen molar-refractivity contribution in [1.29, 1.82) is 0 Å². The highest BCUT2D eigenvalue weighted by Gasteiger charge is 2.54. The number of rotatable bonds is 4. The molecule has 11 heteroatoms. The number of fused-ring (bicyclic) bond motifs is 1. The first kappa shape index (κ1) is 19.2. The van der Waals surface area contributed by atoms with Crippen LogP contribution in [0.2, 0.25) is 0 Å². The van der Waals surface area contributed by atoms with Gasteiger partial charge in [-0.1, -0.05) is 6.07 Å². The standard InChI is InChI=1S/C16H13F3N2O5S/c17-16(18,19)9-3-1-2-7(4-9)12(23)20-10-13(24)21-11(15(25)26)8(5-22)6-27-14(10)21/h1-4,10,14,22H,5-6H2,(H,20,23)(H,25,26)/t10?,14-/m1/s1. The van der Waals surface area contributed by atoms with E-state index in [0.717, 1.165) is 28.8 Å². The number of nitrogens with one attached hydrogen (secondary N) is 1. The molecule has 7 nitrogen and oxygen atoms in total. The van der Waals surface area contributed by atoms with Crippen LogP contribution in [0, 0.1) is 0 Å². The summed E-state index contributed by atoms with van der Waals surface area (Å²) in [6, 6.07) is 2.71. The van der Waals surface area contributed by atoms with E-state index in [2.05, 4.69) is 5.32 Å². The maximum absolute atomic E-state index is 12.8. The number of thioether (sulfide) groups is 1. The van der Waals surface area contributed by atoms with Crippen molar-refractivity contribution in [3.8, 4) is 0 Å². The van der Waals surface area contributed by atoms with Gasteiger partial charge in [0.25, 0.3) is 11.8 Å². The van der Waals surface area contributed by atoms with Crippen LogP contribution in [0.25, 0.3) is 0 Å². The van der Waals surface area contributed by atoms with E-state index in [1.165, 1.54) is 6.07 Å². The van der Waals surface area contributed by atoms with Gasteiger partial charge in [-0.3, -0.25) is 14.5 Å². The van der Waals surface area contributed by atoms with Crippen LogP contribution in [-0.4, -0.2) is 56.7 Å². The van der Waals surface area contributed by atoms with Crippen molar-refractivity contribution in [2.75, 3.05) is 12.4 Å². The van der Waals surface area contributed by atoms with Gasteiger partial charge in [-0.15, -0.1) is 11.8 Å². The Bertz CT molecular complexity index is 855. The lowest BCUT2D eigenvalue weighted by molar-refractivity contribution is -0.148. The molecule has 1 saturated heterocycles. The molecule has 2 heterocycles. The van der Waals surface area contributed by atoms with E-state index in [-0.39, 0.29) is 22.6 Å². The number of carboxylic acid groups (broad SMARTS) is 1. The second kappa shape index (κ2) is 6.89. The minimum Gasteiger partial charge on any atom is -0.477 e. The number of amides is 2. The number of carbonyl (C=O) groups is 3. The van der Waals surface area contributed by atoms with E-state index >= 15 is 0 Å². The number of nitrogens with zero attached hydrogens (tertiary/aromatic N) is 1. The molecule has 3 N–H and O–H groups in total. The number of halogens is 3. The van der Waals surface area contributed by atoms with E-state index in [4.69, 9.17) is 0 Å². The van der Waals surface area contributed by atoms with Crippen LogP contribution in [0.3, 0.4) is 0 Å². The molecule has 0 radical (unpaired) electrons. The Balaban J connectivity index is 1.77. The summed E-state index contributed by atoms with van der Waals surface area (Å²) in [5.41, 5.74) is -1.40. The molecule has 2 atom stereocenters. The lowest BCUT2D eigenvalue weighted by atomic mass is 10.0. The molecule has 2 amide bonds. The summed E-state index contributed by atoms with van der Waals surface area (Å²) >= 11 is 1.15. The van der Waals surface area contributed by atoms with Gasteiger partial charge in [-0.25, -0.2) is 4.79 Å². The third kappa shape index (κ3) is 3.39. The Hall–Kier alpha value is -2.53. The summed E-state index contributed by atoms with van der Waals surface area (Å²) in [6.07, 6.45) is -4.61. The highest BCUT2D eigenvalue weighted by Crippen LogP contribution is 2.40. The van der Waals surface area contributed by atoms with Crippen LogP contribution in [0.15, 0.2) is 35.5 Å². The van der Waals surface area contributed by atoms with E-state index in [0.29, 0.717) is 6.07 Å². The number of aliphatic hydroxyl groups is 1. The maximum atomic E-state index is 12.8. The van der Waals surface area contributed by atoms with Crippen molar-refractivity contribution in [2.24, 2.45) is 0 Å². The molecule has 144 valence electrons. The summed E-state index contributed by atoms with van der Waals surface area (Å²) in [4.78, 5) is 36.9. The summed E-state index contributed by atoms with van der Waals surface area (Å²) in [5, 5.41) is 20.2. The molecule has 0 aromatic heterocycles. The molecule has 0 bridgehead atoms. The second-order valence-corrected chi connectivity index (χ2v) is 6.96. The maximum Gasteiger partial charge on any atom is 0.416 e. The molecule has 2 aliphatic heterocycles. The first-order valence-corrected chi connectivity index (χ1v) is 8.69. The molecule has 2 aliphatic rings. The fourth-order valence-electron chi connectivity index (χ4n) is 2.87. The van der Waals surface area contributed by atoms with Crippen LogP contribution >= 0.6 is 11.8 Å². The Morgan fingerprint density at radius 2 is 2.04 bits per heavy atom. The second-order valence-electron chi connectivity index (χ2n) is 5.85. The van der Waals surface area contributed by atoms with Gasteiger partial charge in [0.2, 0.25) is 0 Å². The number of aliphatic carboxylic acids is 1. The van der Waals surface area contributed by atoms with Crippen molar-refractivity contribution in [1.82, 2.24) is 10.2 Å².